The average molecular weight is 354 g/mol. The van der Waals surface area contributed by atoms with E-state index in [0.717, 1.165) is 25.7 Å². The van der Waals surface area contributed by atoms with Crippen LogP contribution in [0.3, 0.4) is 0 Å². The predicted octanol–water partition coefficient (Wildman–Crippen LogP) is 2.77. The quantitative estimate of drug-likeness (QED) is 0.657. The molecule has 5 N–H and O–H groups in total. The van der Waals surface area contributed by atoms with E-state index >= 15 is 0 Å². The van der Waals surface area contributed by atoms with Crippen LogP contribution in [0.5, 0.6) is 0 Å². The van der Waals surface area contributed by atoms with E-state index in [2.05, 4.69) is 25.9 Å². The number of nitrogens with two attached hydrogens (primary N) is 1. The van der Waals surface area contributed by atoms with Crippen LogP contribution in [0.1, 0.15) is 42.6 Å². The molecule has 1 aliphatic rings. The highest BCUT2D eigenvalue weighted by atomic mass is 16.2. The van der Waals surface area contributed by atoms with E-state index in [4.69, 9.17) is 5.73 Å². The van der Waals surface area contributed by atoms with Gasteiger partial charge in [-0.1, -0.05) is 25.3 Å². The van der Waals surface area contributed by atoms with Crippen LogP contribution in [-0.2, 0) is 0 Å². The van der Waals surface area contributed by atoms with Crippen molar-refractivity contribution >= 4 is 29.3 Å². The Morgan fingerprint density at radius 2 is 1.85 bits per heavy atom. The molecule has 1 aromatic heterocycles. The van der Waals surface area contributed by atoms with Crippen LogP contribution in [0.15, 0.2) is 36.5 Å². The molecule has 8 heteroatoms. The van der Waals surface area contributed by atoms with Gasteiger partial charge in [-0.15, -0.1) is 0 Å². The number of carbonyl (C=O) groups excluding carboxylic acids is 2. The van der Waals surface area contributed by atoms with Crippen LogP contribution in [-0.4, -0.2) is 27.9 Å². The smallest absolute Gasteiger partial charge is 0.316 e. The third-order valence-electron chi connectivity index (χ3n) is 4.21. The van der Waals surface area contributed by atoms with Gasteiger partial charge in [0.15, 0.2) is 0 Å². The molecule has 1 fully saturated rings. The van der Waals surface area contributed by atoms with Gasteiger partial charge in [0, 0.05) is 23.6 Å². The topological polar surface area (TPSA) is 122 Å². The Morgan fingerprint density at radius 1 is 1.08 bits per heavy atom. The number of nitrogens with zero attached hydrogens (tertiary/aromatic N) is 2. The Labute approximate surface area is 151 Å². The zero-order chi connectivity index (χ0) is 18.4. The molecule has 0 bridgehead atoms. The summed E-state index contributed by atoms with van der Waals surface area (Å²) < 4.78 is 0. The molecule has 1 heterocycles. The first-order valence-corrected chi connectivity index (χ1v) is 8.67. The number of amides is 3. The average Bonchev–Trinajstić information content (AvgIpc) is 2.62. The number of aromatic nitrogens is 2. The Morgan fingerprint density at radius 3 is 2.62 bits per heavy atom. The van der Waals surface area contributed by atoms with Crippen molar-refractivity contribution in [3.8, 4) is 0 Å². The van der Waals surface area contributed by atoms with Crippen LogP contribution >= 0.6 is 0 Å². The van der Waals surface area contributed by atoms with Crippen molar-refractivity contribution in [1.29, 1.82) is 0 Å². The molecule has 0 unspecified atom stereocenters. The summed E-state index contributed by atoms with van der Waals surface area (Å²) in [6, 6.07) is 8.14. The molecule has 1 aromatic carbocycles. The van der Waals surface area contributed by atoms with Gasteiger partial charge in [-0.25, -0.2) is 14.8 Å². The second-order valence-corrected chi connectivity index (χ2v) is 6.27. The fourth-order valence-electron chi connectivity index (χ4n) is 3.00. The fourth-order valence-corrected chi connectivity index (χ4v) is 3.00. The number of carbonyl (C=O) groups is 2. The van der Waals surface area contributed by atoms with E-state index in [0.29, 0.717) is 23.0 Å². The van der Waals surface area contributed by atoms with E-state index in [1.54, 1.807) is 30.3 Å². The molecule has 0 saturated heterocycles. The largest absolute Gasteiger partial charge is 0.351 e. The van der Waals surface area contributed by atoms with Crippen molar-refractivity contribution in [1.82, 2.24) is 15.3 Å². The predicted molar refractivity (Wildman–Crippen MR) is 99.3 cm³/mol. The summed E-state index contributed by atoms with van der Waals surface area (Å²) in [5.41, 5.74) is 6.65. The Kier molecular flexibility index (Phi) is 5.62. The molecule has 3 amide bonds. The molecular formula is C18H22N6O2. The first-order chi connectivity index (χ1) is 12.6. The number of hydrogen-bond donors (Lipinski definition) is 4. The van der Waals surface area contributed by atoms with Gasteiger partial charge in [0.25, 0.3) is 5.91 Å². The molecule has 26 heavy (non-hydrogen) atoms. The third-order valence-corrected chi connectivity index (χ3v) is 4.21. The van der Waals surface area contributed by atoms with E-state index in [1.165, 1.54) is 12.6 Å². The number of anilines is 3. The van der Waals surface area contributed by atoms with Crippen LogP contribution in [0.4, 0.5) is 22.1 Å². The van der Waals surface area contributed by atoms with Crippen molar-refractivity contribution in [2.75, 3.05) is 10.6 Å². The second-order valence-electron chi connectivity index (χ2n) is 6.27. The van der Waals surface area contributed by atoms with Crippen LogP contribution in [0, 0.1) is 0 Å². The molecule has 0 spiro atoms. The molecule has 0 aliphatic heterocycles. The maximum absolute atomic E-state index is 12.4. The number of nitrogens with one attached hydrogen (secondary N) is 3. The summed E-state index contributed by atoms with van der Waals surface area (Å²) in [7, 11) is 0. The van der Waals surface area contributed by atoms with Gasteiger partial charge in [-0.05, 0) is 37.1 Å². The molecule has 0 radical (unpaired) electrons. The van der Waals surface area contributed by atoms with Gasteiger partial charge in [-0.3, -0.25) is 4.79 Å². The van der Waals surface area contributed by atoms with E-state index < -0.39 is 6.03 Å². The molecule has 2 aromatic rings. The van der Waals surface area contributed by atoms with E-state index in [1.807, 2.05) is 0 Å². The third kappa shape index (κ3) is 4.92. The normalized spacial score (nSPS) is 14.5. The van der Waals surface area contributed by atoms with Crippen molar-refractivity contribution in [3.05, 3.63) is 42.2 Å². The van der Waals surface area contributed by atoms with Gasteiger partial charge in [0.2, 0.25) is 5.95 Å². The summed E-state index contributed by atoms with van der Waals surface area (Å²) in [6.07, 6.45) is 7.10. The Bertz CT molecular complexity index is 789. The van der Waals surface area contributed by atoms with Crippen LogP contribution < -0.4 is 21.7 Å². The molecule has 136 valence electrons. The van der Waals surface area contributed by atoms with Crippen molar-refractivity contribution in [2.45, 2.75) is 38.1 Å². The Balaban J connectivity index is 1.67. The lowest BCUT2D eigenvalue weighted by Crippen LogP contribution is -2.36. The fraction of sp³-hybridized carbons (Fsp3) is 0.333. The highest BCUT2D eigenvalue weighted by molar-refractivity contribution is 5.92. The lowest BCUT2D eigenvalue weighted by atomic mass is 9.95. The van der Waals surface area contributed by atoms with Gasteiger partial charge in [0.05, 0.1) is 0 Å². The minimum absolute atomic E-state index is 0.188. The van der Waals surface area contributed by atoms with Gasteiger partial charge < -0.3 is 21.7 Å². The number of primary amides is 1. The van der Waals surface area contributed by atoms with Crippen molar-refractivity contribution in [2.24, 2.45) is 5.73 Å². The molecule has 3 rings (SSSR count). The first-order valence-electron chi connectivity index (χ1n) is 8.67. The van der Waals surface area contributed by atoms with E-state index in [-0.39, 0.29) is 11.9 Å². The summed E-state index contributed by atoms with van der Waals surface area (Å²) in [5.74, 6) is 0.115. The van der Waals surface area contributed by atoms with Gasteiger partial charge in [-0.2, -0.15) is 0 Å². The zero-order valence-electron chi connectivity index (χ0n) is 14.4. The Hall–Kier alpha value is -3.16. The maximum atomic E-state index is 12.4. The van der Waals surface area contributed by atoms with E-state index in [9.17, 15) is 9.59 Å². The monoisotopic (exact) mass is 354 g/mol. The molecule has 1 saturated carbocycles. The van der Waals surface area contributed by atoms with Crippen LogP contribution in [0.2, 0.25) is 0 Å². The molecular weight excluding hydrogens is 332 g/mol. The lowest BCUT2D eigenvalue weighted by Gasteiger charge is -2.22. The summed E-state index contributed by atoms with van der Waals surface area (Å²) in [5, 5.41) is 8.56. The highest BCUT2D eigenvalue weighted by Crippen LogP contribution is 2.19. The summed E-state index contributed by atoms with van der Waals surface area (Å²) >= 11 is 0. The maximum Gasteiger partial charge on any atom is 0.316 e. The number of benzene rings is 1. The van der Waals surface area contributed by atoms with Gasteiger partial charge >= 0.3 is 6.03 Å². The number of rotatable bonds is 5. The minimum atomic E-state index is -0.639. The summed E-state index contributed by atoms with van der Waals surface area (Å²) in [6.45, 7) is 0. The SMILES string of the molecule is NC(=O)Nc1cccc(Nc2nccc(C(=O)NC3CCCCC3)n2)c1. The van der Waals surface area contributed by atoms with Crippen molar-refractivity contribution < 1.29 is 9.59 Å². The lowest BCUT2D eigenvalue weighted by molar-refractivity contribution is 0.0922. The first kappa shape index (κ1) is 17.7. The zero-order valence-corrected chi connectivity index (χ0v) is 14.4. The summed E-state index contributed by atoms with van der Waals surface area (Å²) in [4.78, 5) is 31.8. The van der Waals surface area contributed by atoms with Crippen molar-refractivity contribution in [3.63, 3.8) is 0 Å². The molecule has 1 aliphatic carbocycles. The molecule has 8 nitrogen and oxygen atoms in total. The molecule has 0 atom stereocenters. The second kappa shape index (κ2) is 8.28. The van der Waals surface area contributed by atoms with Crippen LogP contribution in [0.25, 0.3) is 0 Å². The highest BCUT2D eigenvalue weighted by Gasteiger charge is 2.17. The minimum Gasteiger partial charge on any atom is -0.351 e. The standard InChI is InChI=1S/C18H22N6O2/c19-17(26)22-13-7-4-8-14(11-13)23-18-20-10-9-15(24-18)16(25)21-12-5-2-1-3-6-12/h4,7-12H,1-3,5-6H2,(H,21,25)(H3,19,22,26)(H,20,23,24). The number of urea groups is 1. The van der Waals surface area contributed by atoms with Gasteiger partial charge in [0.1, 0.15) is 5.69 Å². The number of hydrogen-bond acceptors (Lipinski definition) is 5.